The van der Waals surface area contributed by atoms with Gasteiger partial charge in [0.15, 0.2) is 0 Å². The molecule has 2 saturated heterocycles. The molecule has 2 aromatic rings. The van der Waals surface area contributed by atoms with Crippen LogP contribution in [0.25, 0.3) is 0 Å². The highest BCUT2D eigenvalue weighted by molar-refractivity contribution is 5.90. The fraction of sp³-hybridized carbons (Fsp3) is 0.435. The normalized spacial score (nSPS) is 17.1. The van der Waals surface area contributed by atoms with Crippen LogP contribution in [-0.4, -0.2) is 50.2 Å². The Hall–Kier alpha value is -2.69. The number of anilines is 3. The lowest BCUT2D eigenvalue weighted by Gasteiger charge is -2.36. The van der Waals surface area contributed by atoms with E-state index in [0.717, 1.165) is 43.0 Å². The fourth-order valence-electron chi connectivity index (χ4n) is 4.08. The van der Waals surface area contributed by atoms with Crippen LogP contribution in [0.3, 0.4) is 0 Å². The van der Waals surface area contributed by atoms with Gasteiger partial charge in [0.25, 0.3) is 0 Å². The molecular weight excluding hydrogens is 348 g/mol. The molecule has 148 valence electrons. The Bertz CT molecular complexity index is 819. The van der Waals surface area contributed by atoms with Gasteiger partial charge in [-0.05, 0) is 68.1 Å². The molecule has 5 heteroatoms. The number of aryl methyl sites for hydroxylation is 2. The van der Waals surface area contributed by atoms with E-state index in [1.807, 2.05) is 24.8 Å². The number of nitrogens with zero attached hydrogens (tertiary/aromatic N) is 3. The highest BCUT2D eigenvalue weighted by atomic mass is 16.2. The van der Waals surface area contributed by atoms with Crippen LogP contribution in [0.2, 0.25) is 0 Å². The lowest BCUT2D eigenvalue weighted by molar-refractivity contribution is 0.208. The lowest BCUT2D eigenvalue weighted by atomic mass is 10.1. The van der Waals surface area contributed by atoms with Crippen LogP contribution in [0, 0.1) is 13.8 Å². The number of hydrogen-bond donors (Lipinski definition) is 1. The zero-order valence-electron chi connectivity index (χ0n) is 16.9. The van der Waals surface area contributed by atoms with Crippen molar-refractivity contribution in [1.82, 2.24) is 4.90 Å². The van der Waals surface area contributed by atoms with Gasteiger partial charge in [0, 0.05) is 56.3 Å². The van der Waals surface area contributed by atoms with E-state index >= 15 is 0 Å². The molecule has 2 aliphatic heterocycles. The van der Waals surface area contributed by atoms with Crippen molar-refractivity contribution in [3.8, 4) is 0 Å². The summed E-state index contributed by atoms with van der Waals surface area (Å²) >= 11 is 0. The predicted octanol–water partition coefficient (Wildman–Crippen LogP) is 4.26. The summed E-state index contributed by atoms with van der Waals surface area (Å²) in [5.41, 5.74) is 5.73. The van der Waals surface area contributed by atoms with Crippen LogP contribution >= 0.6 is 0 Å². The molecular formula is C23H30N4O. The van der Waals surface area contributed by atoms with E-state index in [2.05, 4.69) is 51.5 Å². The zero-order chi connectivity index (χ0) is 19.5. The minimum absolute atomic E-state index is 0.00210. The van der Waals surface area contributed by atoms with Gasteiger partial charge in [-0.3, -0.25) is 0 Å². The molecule has 1 N–H and O–H groups in total. The molecule has 4 rings (SSSR count). The van der Waals surface area contributed by atoms with E-state index in [1.165, 1.54) is 37.3 Å². The van der Waals surface area contributed by atoms with Crippen LogP contribution < -0.4 is 15.1 Å². The standard InChI is InChI=1S/C23H30N4O/c1-18-5-6-19(2)22(17-18)24-23(28)27-15-13-26(14-16-27)21-9-7-20(8-10-21)25-11-3-4-12-25/h5-10,17H,3-4,11-16H2,1-2H3,(H,24,28). The Labute approximate surface area is 167 Å². The molecule has 0 unspecified atom stereocenters. The molecule has 28 heavy (non-hydrogen) atoms. The van der Waals surface area contributed by atoms with Crippen molar-refractivity contribution in [2.75, 3.05) is 54.4 Å². The minimum atomic E-state index is -0.00210. The number of hydrogen-bond acceptors (Lipinski definition) is 3. The third-order valence-electron chi connectivity index (χ3n) is 5.89. The van der Waals surface area contributed by atoms with Crippen LogP contribution in [0.15, 0.2) is 42.5 Å². The van der Waals surface area contributed by atoms with Gasteiger partial charge in [-0.1, -0.05) is 12.1 Å². The maximum Gasteiger partial charge on any atom is 0.321 e. The maximum atomic E-state index is 12.7. The van der Waals surface area contributed by atoms with E-state index in [4.69, 9.17) is 0 Å². The molecule has 0 radical (unpaired) electrons. The largest absolute Gasteiger partial charge is 0.372 e. The Balaban J connectivity index is 1.32. The zero-order valence-corrected chi connectivity index (χ0v) is 16.9. The van der Waals surface area contributed by atoms with Crippen LogP contribution in [0.4, 0.5) is 21.9 Å². The van der Waals surface area contributed by atoms with Crippen molar-refractivity contribution in [1.29, 1.82) is 0 Å². The molecule has 0 aromatic heterocycles. The highest BCUT2D eigenvalue weighted by Gasteiger charge is 2.22. The fourth-order valence-corrected chi connectivity index (χ4v) is 4.08. The quantitative estimate of drug-likeness (QED) is 0.867. The molecule has 0 aliphatic carbocycles. The summed E-state index contributed by atoms with van der Waals surface area (Å²) in [7, 11) is 0. The highest BCUT2D eigenvalue weighted by Crippen LogP contribution is 2.25. The lowest BCUT2D eigenvalue weighted by Crippen LogP contribution is -2.50. The van der Waals surface area contributed by atoms with E-state index in [-0.39, 0.29) is 6.03 Å². The predicted molar refractivity (Wildman–Crippen MR) is 117 cm³/mol. The van der Waals surface area contributed by atoms with Crippen molar-refractivity contribution in [2.24, 2.45) is 0 Å². The van der Waals surface area contributed by atoms with E-state index in [1.54, 1.807) is 0 Å². The van der Waals surface area contributed by atoms with E-state index in [0.29, 0.717) is 0 Å². The van der Waals surface area contributed by atoms with Crippen LogP contribution in [-0.2, 0) is 0 Å². The maximum absolute atomic E-state index is 12.7. The molecule has 0 bridgehead atoms. The molecule has 2 amide bonds. The van der Waals surface area contributed by atoms with Gasteiger partial charge < -0.3 is 20.0 Å². The average Bonchev–Trinajstić information content (AvgIpc) is 3.26. The third-order valence-corrected chi connectivity index (χ3v) is 5.89. The van der Waals surface area contributed by atoms with Crippen LogP contribution in [0.1, 0.15) is 24.0 Å². The summed E-state index contributed by atoms with van der Waals surface area (Å²) in [6.45, 7) is 9.63. The monoisotopic (exact) mass is 378 g/mol. The summed E-state index contributed by atoms with van der Waals surface area (Å²) < 4.78 is 0. The first kappa shape index (κ1) is 18.7. The summed E-state index contributed by atoms with van der Waals surface area (Å²) in [6.07, 6.45) is 2.60. The molecule has 2 aromatic carbocycles. The second-order valence-corrected chi connectivity index (χ2v) is 7.93. The minimum Gasteiger partial charge on any atom is -0.372 e. The molecule has 2 fully saturated rings. The molecule has 2 aliphatic rings. The second kappa shape index (κ2) is 8.13. The van der Waals surface area contributed by atoms with Gasteiger partial charge in [0.05, 0.1) is 0 Å². The summed E-state index contributed by atoms with van der Waals surface area (Å²) in [5, 5.41) is 3.08. The van der Waals surface area contributed by atoms with Gasteiger partial charge in [0.2, 0.25) is 0 Å². The number of amides is 2. The topological polar surface area (TPSA) is 38.8 Å². The molecule has 0 atom stereocenters. The van der Waals surface area contributed by atoms with Gasteiger partial charge in [-0.15, -0.1) is 0 Å². The number of carbonyl (C=O) groups excluding carboxylic acids is 1. The van der Waals surface area contributed by atoms with Crippen molar-refractivity contribution >= 4 is 23.1 Å². The first-order chi connectivity index (χ1) is 13.6. The molecule has 0 spiro atoms. The first-order valence-corrected chi connectivity index (χ1v) is 10.3. The van der Waals surface area contributed by atoms with Crippen molar-refractivity contribution < 1.29 is 4.79 Å². The number of rotatable bonds is 3. The first-order valence-electron chi connectivity index (χ1n) is 10.3. The number of nitrogens with one attached hydrogen (secondary N) is 1. The SMILES string of the molecule is Cc1ccc(C)c(NC(=O)N2CCN(c3ccc(N4CCCC4)cc3)CC2)c1. The smallest absolute Gasteiger partial charge is 0.321 e. The van der Waals surface area contributed by atoms with Gasteiger partial charge in [-0.25, -0.2) is 4.79 Å². The number of carbonyl (C=O) groups is 1. The number of piperazine rings is 1. The van der Waals surface area contributed by atoms with E-state index in [9.17, 15) is 4.79 Å². The molecule has 2 heterocycles. The second-order valence-electron chi connectivity index (χ2n) is 7.93. The molecule has 5 nitrogen and oxygen atoms in total. The van der Waals surface area contributed by atoms with Crippen molar-refractivity contribution in [3.63, 3.8) is 0 Å². The summed E-state index contributed by atoms with van der Waals surface area (Å²) in [6, 6.07) is 15.1. The molecule has 0 saturated carbocycles. The van der Waals surface area contributed by atoms with Gasteiger partial charge >= 0.3 is 6.03 Å². The van der Waals surface area contributed by atoms with Crippen molar-refractivity contribution in [2.45, 2.75) is 26.7 Å². The third kappa shape index (κ3) is 4.08. The Morgan fingerprint density at radius 3 is 1.96 bits per heavy atom. The Kier molecular flexibility index (Phi) is 5.42. The van der Waals surface area contributed by atoms with Gasteiger partial charge in [0.1, 0.15) is 0 Å². The van der Waals surface area contributed by atoms with Crippen LogP contribution in [0.5, 0.6) is 0 Å². The van der Waals surface area contributed by atoms with Gasteiger partial charge in [-0.2, -0.15) is 0 Å². The van der Waals surface area contributed by atoms with Crippen molar-refractivity contribution in [3.05, 3.63) is 53.6 Å². The Morgan fingerprint density at radius 2 is 1.36 bits per heavy atom. The number of urea groups is 1. The number of benzene rings is 2. The summed E-state index contributed by atoms with van der Waals surface area (Å²) in [4.78, 5) is 19.4. The average molecular weight is 379 g/mol. The van der Waals surface area contributed by atoms with E-state index < -0.39 is 0 Å². The summed E-state index contributed by atoms with van der Waals surface area (Å²) in [5.74, 6) is 0. The Morgan fingerprint density at radius 1 is 0.786 bits per heavy atom.